The zero-order chi connectivity index (χ0) is 27.7. The lowest BCUT2D eigenvalue weighted by Gasteiger charge is -2.15. The summed E-state index contributed by atoms with van der Waals surface area (Å²) in [5.41, 5.74) is 2.70. The molecule has 1 aromatic carbocycles. The average molecular weight is 567 g/mol. The molecule has 0 atom stereocenters. The molecule has 4 heterocycles. The van der Waals surface area contributed by atoms with E-state index in [-0.39, 0.29) is 29.7 Å². The van der Waals surface area contributed by atoms with Gasteiger partial charge in [-0.05, 0) is 31.2 Å². The normalized spacial score (nSPS) is 12.1. The van der Waals surface area contributed by atoms with Crippen LogP contribution >= 0.6 is 22.9 Å². The lowest BCUT2D eigenvalue weighted by molar-refractivity contribution is -0.384. The van der Waals surface area contributed by atoms with Crippen molar-refractivity contribution in [3.8, 4) is 22.6 Å². The van der Waals surface area contributed by atoms with E-state index >= 15 is 0 Å². The minimum Gasteiger partial charge on any atom is -0.494 e. The molecule has 5 rings (SSSR count). The Morgan fingerprint density at radius 2 is 1.90 bits per heavy atom. The van der Waals surface area contributed by atoms with Gasteiger partial charge in [0, 0.05) is 35.2 Å². The summed E-state index contributed by atoms with van der Waals surface area (Å²) >= 11 is 7.36. The molecule has 12 nitrogen and oxygen atoms in total. The first-order valence-corrected chi connectivity index (χ1v) is 12.6. The van der Waals surface area contributed by atoms with Crippen molar-refractivity contribution in [3.63, 3.8) is 0 Å². The second-order valence-electron chi connectivity index (χ2n) is 8.40. The summed E-state index contributed by atoms with van der Waals surface area (Å²) in [4.78, 5) is 51.1. The Labute approximate surface area is 230 Å². The molecule has 39 heavy (non-hydrogen) atoms. The number of fused-ring (bicyclic) bond motifs is 1. The van der Waals surface area contributed by atoms with E-state index in [0.717, 1.165) is 4.88 Å². The number of aryl methyl sites for hydroxylation is 1. The summed E-state index contributed by atoms with van der Waals surface area (Å²) in [7, 11) is 1.50. The monoisotopic (exact) mass is 566 g/mol. The van der Waals surface area contributed by atoms with Crippen molar-refractivity contribution in [3.05, 3.63) is 85.9 Å². The number of ether oxygens (including phenoxy) is 2. The van der Waals surface area contributed by atoms with E-state index in [9.17, 15) is 19.7 Å². The van der Waals surface area contributed by atoms with Gasteiger partial charge in [0.1, 0.15) is 16.7 Å². The largest absolute Gasteiger partial charge is 0.494 e. The van der Waals surface area contributed by atoms with Crippen LogP contribution in [0.5, 0.6) is 11.5 Å². The number of amides is 2. The fraction of sp³-hybridized carbons (Fsp3) is 0.160. The molecule has 0 saturated carbocycles. The number of halogens is 1. The summed E-state index contributed by atoms with van der Waals surface area (Å²) in [5.74, 6) is 0.221. The van der Waals surface area contributed by atoms with Gasteiger partial charge >= 0.3 is 6.09 Å². The van der Waals surface area contributed by atoms with Gasteiger partial charge in [-0.1, -0.05) is 22.9 Å². The number of nitrogens with one attached hydrogen (secondary N) is 1. The highest BCUT2D eigenvalue weighted by atomic mass is 35.5. The first-order chi connectivity index (χ1) is 18.7. The zero-order valence-electron chi connectivity index (χ0n) is 20.5. The number of nitrogens with zero attached hydrogens (tertiary/aromatic N) is 5. The number of non-ortho nitro benzene ring substituents is 1. The molecule has 3 aromatic heterocycles. The molecule has 2 amide bonds. The predicted octanol–water partition coefficient (Wildman–Crippen LogP) is 5.25. The fourth-order valence-corrected chi connectivity index (χ4v) is 5.08. The van der Waals surface area contributed by atoms with Crippen molar-refractivity contribution < 1.29 is 24.0 Å². The number of carbonyl (C=O) groups is 2. The number of carbonyl (C=O) groups excluding carboxylic acids is 2. The molecule has 4 aromatic rings. The van der Waals surface area contributed by atoms with Crippen LogP contribution in [0.3, 0.4) is 0 Å². The molecule has 1 aliphatic heterocycles. The Balaban J connectivity index is 1.28. The van der Waals surface area contributed by atoms with Crippen molar-refractivity contribution in [1.82, 2.24) is 19.9 Å². The Morgan fingerprint density at radius 3 is 2.59 bits per heavy atom. The lowest BCUT2D eigenvalue weighted by Crippen LogP contribution is -2.28. The second-order valence-corrected chi connectivity index (χ2v) is 9.87. The number of methoxy groups -OCH3 is 1. The highest BCUT2D eigenvalue weighted by Crippen LogP contribution is 2.35. The van der Waals surface area contributed by atoms with Crippen LogP contribution < -0.4 is 14.8 Å². The number of thiazole rings is 1. The highest BCUT2D eigenvalue weighted by molar-refractivity contribution is 7.16. The Kier molecular flexibility index (Phi) is 7.09. The van der Waals surface area contributed by atoms with E-state index in [1.165, 1.54) is 60.0 Å². The summed E-state index contributed by atoms with van der Waals surface area (Å²) in [6.07, 6.45) is 2.35. The molecule has 0 aliphatic carbocycles. The minimum absolute atomic E-state index is 0.103. The van der Waals surface area contributed by atoms with Crippen LogP contribution in [0.25, 0.3) is 11.1 Å². The van der Waals surface area contributed by atoms with Crippen LogP contribution in [0.2, 0.25) is 5.15 Å². The zero-order valence-corrected chi connectivity index (χ0v) is 22.1. The maximum Gasteiger partial charge on any atom is 0.415 e. The Hall–Kier alpha value is -4.62. The van der Waals surface area contributed by atoms with Crippen molar-refractivity contribution in [2.45, 2.75) is 20.0 Å². The van der Waals surface area contributed by atoms with Crippen LogP contribution in [-0.4, -0.2) is 43.9 Å². The molecule has 0 spiro atoms. The number of anilines is 1. The van der Waals surface area contributed by atoms with Gasteiger partial charge in [-0.2, -0.15) is 0 Å². The number of hydrogen-bond donors (Lipinski definition) is 1. The van der Waals surface area contributed by atoms with Crippen molar-refractivity contribution >= 4 is 45.8 Å². The van der Waals surface area contributed by atoms with Crippen LogP contribution in [0.1, 0.15) is 26.6 Å². The average Bonchev–Trinajstić information content (AvgIpc) is 3.48. The van der Waals surface area contributed by atoms with E-state index in [0.29, 0.717) is 39.0 Å². The van der Waals surface area contributed by atoms with E-state index in [1.54, 1.807) is 12.1 Å². The number of hydrogen-bond acceptors (Lipinski definition) is 10. The van der Waals surface area contributed by atoms with Gasteiger partial charge in [-0.3, -0.25) is 30.1 Å². The summed E-state index contributed by atoms with van der Waals surface area (Å²) in [6, 6.07) is 8.62. The van der Waals surface area contributed by atoms with Crippen LogP contribution in [-0.2, 0) is 13.1 Å². The maximum atomic E-state index is 13.3. The van der Waals surface area contributed by atoms with Crippen LogP contribution in [0.15, 0.2) is 48.8 Å². The third-order valence-corrected chi connectivity index (χ3v) is 7.02. The van der Waals surface area contributed by atoms with Gasteiger partial charge in [0.2, 0.25) is 0 Å². The van der Waals surface area contributed by atoms with Crippen LogP contribution in [0, 0.1) is 17.0 Å². The van der Waals surface area contributed by atoms with Crippen molar-refractivity contribution in [2.75, 3.05) is 12.4 Å². The van der Waals surface area contributed by atoms with Gasteiger partial charge in [0.15, 0.2) is 5.13 Å². The van der Waals surface area contributed by atoms with Gasteiger partial charge in [0.25, 0.3) is 11.6 Å². The summed E-state index contributed by atoms with van der Waals surface area (Å²) in [5, 5.41) is 14.2. The molecule has 0 radical (unpaired) electrons. The van der Waals surface area contributed by atoms with E-state index in [1.807, 2.05) is 6.92 Å². The number of nitro benzene ring substituents is 1. The SMILES string of the molecule is COc1cnc(Cl)cc1-c1cc(C)ncc1C(=O)Nc1nc2c(s1)CN(C(=O)Oc1ccc([N+](=O)[O-])cc1)C2. The number of benzene rings is 1. The first kappa shape index (κ1) is 26.0. The molecule has 0 unspecified atom stereocenters. The lowest BCUT2D eigenvalue weighted by atomic mass is 10.0. The molecule has 0 saturated heterocycles. The quantitative estimate of drug-likeness (QED) is 0.187. The summed E-state index contributed by atoms with van der Waals surface area (Å²) < 4.78 is 10.7. The number of aromatic nitrogens is 3. The van der Waals surface area contributed by atoms with Gasteiger partial charge in [-0.15, -0.1) is 0 Å². The molecule has 14 heteroatoms. The van der Waals surface area contributed by atoms with Crippen molar-refractivity contribution in [1.29, 1.82) is 0 Å². The topological polar surface area (TPSA) is 150 Å². The third kappa shape index (κ3) is 5.49. The Morgan fingerprint density at radius 1 is 1.13 bits per heavy atom. The van der Waals surface area contributed by atoms with E-state index in [2.05, 4.69) is 20.3 Å². The van der Waals surface area contributed by atoms with E-state index in [4.69, 9.17) is 21.1 Å². The minimum atomic E-state index is -0.611. The van der Waals surface area contributed by atoms with Crippen molar-refractivity contribution in [2.24, 2.45) is 0 Å². The molecule has 0 bridgehead atoms. The summed E-state index contributed by atoms with van der Waals surface area (Å²) in [6.45, 7) is 2.25. The standard InChI is InChI=1S/C25H19ClN6O6S/c1-13-7-16(17-8-22(26)28-10-20(17)37-2)18(9-27-13)23(33)30-24-29-19-11-31(12-21(19)39-24)25(34)38-15-5-3-14(4-6-15)32(35)36/h3-10H,11-12H2,1-2H3,(H,29,30,33). The van der Waals surface area contributed by atoms with Crippen LogP contribution in [0.4, 0.5) is 15.6 Å². The molecular weight excluding hydrogens is 548 g/mol. The molecule has 1 N–H and O–H groups in total. The smallest absolute Gasteiger partial charge is 0.415 e. The number of rotatable bonds is 6. The fourth-order valence-electron chi connectivity index (χ4n) is 3.94. The van der Waals surface area contributed by atoms with Gasteiger partial charge in [-0.25, -0.2) is 14.8 Å². The predicted molar refractivity (Wildman–Crippen MR) is 142 cm³/mol. The molecule has 1 aliphatic rings. The maximum absolute atomic E-state index is 13.3. The number of nitro groups is 1. The molecular formula is C25H19ClN6O6S. The Bertz CT molecular complexity index is 1590. The first-order valence-electron chi connectivity index (χ1n) is 11.4. The number of pyridine rings is 2. The van der Waals surface area contributed by atoms with E-state index < -0.39 is 16.9 Å². The molecule has 198 valence electrons. The van der Waals surface area contributed by atoms with Gasteiger partial charge in [0.05, 0.1) is 47.5 Å². The second kappa shape index (κ2) is 10.6. The van der Waals surface area contributed by atoms with Gasteiger partial charge < -0.3 is 9.47 Å². The molecule has 0 fully saturated rings. The highest BCUT2D eigenvalue weighted by Gasteiger charge is 2.29. The third-order valence-electron chi connectivity index (χ3n) is 5.81.